The van der Waals surface area contributed by atoms with Crippen molar-refractivity contribution in [1.29, 1.82) is 0 Å². The van der Waals surface area contributed by atoms with E-state index in [0.717, 1.165) is 11.1 Å². The molecule has 2 N–H and O–H groups in total. The zero-order valence-electron chi connectivity index (χ0n) is 14.9. The summed E-state index contributed by atoms with van der Waals surface area (Å²) in [7, 11) is 0. The van der Waals surface area contributed by atoms with Gasteiger partial charge in [0.25, 0.3) is 0 Å². The molecule has 0 radical (unpaired) electrons. The molecule has 0 saturated carbocycles. The third-order valence-electron chi connectivity index (χ3n) is 3.94. The first-order chi connectivity index (χ1) is 13.1. The van der Waals surface area contributed by atoms with Crippen molar-refractivity contribution in [3.8, 4) is 16.9 Å². The molecular formula is C22H20N2O3. The minimum atomic E-state index is -0.741. The fourth-order valence-electron chi connectivity index (χ4n) is 2.49. The van der Waals surface area contributed by atoms with E-state index in [4.69, 9.17) is 4.74 Å². The molecule has 0 aromatic heterocycles. The van der Waals surface area contributed by atoms with Gasteiger partial charge in [-0.2, -0.15) is 0 Å². The Morgan fingerprint density at radius 3 is 1.96 bits per heavy atom. The lowest BCUT2D eigenvalue weighted by Crippen LogP contribution is -2.42. The van der Waals surface area contributed by atoms with Crippen LogP contribution in [0.3, 0.4) is 0 Å². The molecule has 0 saturated heterocycles. The molecule has 27 heavy (non-hydrogen) atoms. The second kappa shape index (κ2) is 8.67. The molecule has 0 bridgehead atoms. The molecule has 3 rings (SSSR count). The highest BCUT2D eigenvalue weighted by Crippen LogP contribution is 2.21. The minimum absolute atomic E-state index is 0.326. The molecule has 0 spiro atoms. The zero-order valence-corrected chi connectivity index (χ0v) is 14.9. The van der Waals surface area contributed by atoms with Crippen LogP contribution in [0, 0.1) is 0 Å². The molecular weight excluding hydrogens is 340 g/mol. The molecule has 2 amide bonds. The van der Waals surface area contributed by atoms with E-state index in [-0.39, 0.29) is 5.91 Å². The lowest BCUT2D eigenvalue weighted by atomic mass is 10.1. The normalized spacial score (nSPS) is 11.3. The van der Waals surface area contributed by atoms with Crippen LogP contribution in [0.4, 0.5) is 10.5 Å². The van der Waals surface area contributed by atoms with Crippen molar-refractivity contribution in [1.82, 2.24) is 5.32 Å². The number of rotatable bonds is 5. The van der Waals surface area contributed by atoms with Gasteiger partial charge in [0.2, 0.25) is 5.91 Å². The van der Waals surface area contributed by atoms with Gasteiger partial charge in [-0.15, -0.1) is 0 Å². The van der Waals surface area contributed by atoms with E-state index in [1.54, 1.807) is 31.2 Å². The number of nitrogens with one attached hydrogen (secondary N) is 2. The van der Waals surface area contributed by atoms with E-state index >= 15 is 0 Å². The summed E-state index contributed by atoms with van der Waals surface area (Å²) >= 11 is 0. The predicted octanol–water partition coefficient (Wildman–Crippen LogP) is 4.47. The van der Waals surface area contributed by atoms with E-state index in [2.05, 4.69) is 10.6 Å². The monoisotopic (exact) mass is 360 g/mol. The van der Waals surface area contributed by atoms with Crippen LogP contribution in [-0.2, 0) is 4.79 Å². The fourth-order valence-corrected chi connectivity index (χ4v) is 2.49. The lowest BCUT2D eigenvalue weighted by molar-refractivity contribution is -0.117. The Morgan fingerprint density at radius 1 is 0.778 bits per heavy atom. The smallest absolute Gasteiger partial charge is 0.410 e. The summed E-state index contributed by atoms with van der Waals surface area (Å²) in [5.74, 6) is 0.0894. The van der Waals surface area contributed by atoms with E-state index in [1.807, 2.05) is 60.7 Å². The van der Waals surface area contributed by atoms with Gasteiger partial charge in [-0.25, -0.2) is 4.79 Å². The van der Waals surface area contributed by atoms with E-state index in [0.29, 0.717) is 11.4 Å². The van der Waals surface area contributed by atoms with E-state index < -0.39 is 12.1 Å². The van der Waals surface area contributed by atoms with Gasteiger partial charge >= 0.3 is 6.09 Å². The Kier molecular flexibility index (Phi) is 5.84. The quantitative estimate of drug-likeness (QED) is 0.705. The first kappa shape index (κ1) is 18.2. The molecule has 136 valence electrons. The number of hydrogen-bond donors (Lipinski definition) is 2. The average molecular weight is 360 g/mol. The Bertz CT molecular complexity index is 894. The molecule has 0 aliphatic heterocycles. The highest BCUT2D eigenvalue weighted by Gasteiger charge is 2.17. The van der Waals surface area contributed by atoms with Crippen molar-refractivity contribution in [2.45, 2.75) is 13.0 Å². The Hall–Kier alpha value is -3.60. The van der Waals surface area contributed by atoms with E-state index in [9.17, 15) is 9.59 Å². The number of benzene rings is 3. The molecule has 0 heterocycles. The van der Waals surface area contributed by atoms with Gasteiger partial charge < -0.3 is 15.4 Å². The van der Waals surface area contributed by atoms with Gasteiger partial charge in [0.15, 0.2) is 0 Å². The average Bonchev–Trinajstić information content (AvgIpc) is 2.70. The second-order valence-corrected chi connectivity index (χ2v) is 6.00. The van der Waals surface area contributed by atoms with Crippen LogP contribution in [0.2, 0.25) is 0 Å². The highest BCUT2D eigenvalue weighted by atomic mass is 16.6. The number of ether oxygens (including phenoxy) is 1. The molecule has 3 aromatic carbocycles. The molecule has 5 nitrogen and oxygen atoms in total. The number of anilines is 1. The first-order valence-electron chi connectivity index (χ1n) is 8.61. The van der Waals surface area contributed by atoms with E-state index in [1.165, 1.54) is 0 Å². The molecule has 0 unspecified atom stereocenters. The van der Waals surface area contributed by atoms with Crippen LogP contribution in [0.1, 0.15) is 6.92 Å². The van der Waals surface area contributed by atoms with Gasteiger partial charge in [0.1, 0.15) is 11.8 Å². The Balaban J connectivity index is 1.54. The molecule has 0 fully saturated rings. The van der Waals surface area contributed by atoms with Crippen molar-refractivity contribution < 1.29 is 14.3 Å². The fraction of sp³-hybridized carbons (Fsp3) is 0.0909. The number of amides is 2. The number of para-hydroxylation sites is 1. The van der Waals surface area contributed by atoms with Gasteiger partial charge in [-0.3, -0.25) is 4.79 Å². The Labute approximate surface area is 158 Å². The van der Waals surface area contributed by atoms with Crippen LogP contribution < -0.4 is 15.4 Å². The van der Waals surface area contributed by atoms with Gasteiger partial charge in [0.05, 0.1) is 0 Å². The summed E-state index contributed by atoms with van der Waals surface area (Å²) < 4.78 is 5.12. The molecule has 0 aliphatic rings. The van der Waals surface area contributed by atoms with Gasteiger partial charge in [-0.05, 0) is 42.3 Å². The largest absolute Gasteiger partial charge is 0.413 e. The molecule has 1 atom stereocenters. The maximum atomic E-state index is 12.3. The van der Waals surface area contributed by atoms with Crippen LogP contribution in [-0.4, -0.2) is 18.0 Å². The third-order valence-corrected chi connectivity index (χ3v) is 3.94. The lowest BCUT2D eigenvalue weighted by Gasteiger charge is -2.14. The van der Waals surface area contributed by atoms with Crippen molar-refractivity contribution >= 4 is 17.7 Å². The summed E-state index contributed by atoms with van der Waals surface area (Å²) in [6.45, 7) is 1.60. The third kappa shape index (κ3) is 5.19. The summed E-state index contributed by atoms with van der Waals surface area (Å²) in [5.41, 5.74) is 2.82. The summed E-state index contributed by atoms with van der Waals surface area (Å²) in [6, 6.07) is 25.4. The molecule has 0 aliphatic carbocycles. The van der Waals surface area contributed by atoms with Crippen LogP contribution in [0.5, 0.6) is 5.75 Å². The van der Waals surface area contributed by atoms with Crippen molar-refractivity contribution in [3.05, 3.63) is 84.9 Å². The summed E-state index contributed by atoms with van der Waals surface area (Å²) in [5, 5.41) is 5.29. The highest BCUT2D eigenvalue weighted by molar-refractivity contribution is 5.96. The number of hydrogen-bond acceptors (Lipinski definition) is 3. The SMILES string of the molecule is C[C@H](NC(=O)Oc1ccccc1)C(=O)Nc1ccc(-c2ccccc2)cc1. The maximum Gasteiger partial charge on any atom is 0.413 e. The van der Waals surface area contributed by atoms with Crippen LogP contribution >= 0.6 is 0 Å². The maximum absolute atomic E-state index is 12.3. The van der Waals surface area contributed by atoms with Crippen molar-refractivity contribution in [3.63, 3.8) is 0 Å². The predicted molar refractivity (Wildman–Crippen MR) is 106 cm³/mol. The van der Waals surface area contributed by atoms with Crippen molar-refractivity contribution in [2.24, 2.45) is 0 Å². The number of carbonyl (C=O) groups excluding carboxylic acids is 2. The standard InChI is InChI=1S/C22H20N2O3/c1-16(23-22(26)27-20-10-6-3-7-11-20)21(25)24-19-14-12-18(13-15-19)17-8-4-2-5-9-17/h2-16H,1H3,(H,23,26)(H,24,25)/t16-/m0/s1. The summed E-state index contributed by atoms with van der Waals surface area (Å²) in [6.07, 6.45) is -0.678. The Morgan fingerprint density at radius 2 is 1.33 bits per heavy atom. The second-order valence-electron chi connectivity index (χ2n) is 6.00. The first-order valence-corrected chi connectivity index (χ1v) is 8.61. The summed E-state index contributed by atoms with van der Waals surface area (Å²) in [4.78, 5) is 24.1. The minimum Gasteiger partial charge on any atom is -0.410 e. The number of carbonyl (C=O) groups is 2. The zero-order chi connectivity index (χ0) is 19.1. The van der Waals surface area contributed by atoms with Gasteiger partial charge in [0, 0.05) is 5.69 Å². The van der Waals surface area contributed by atoms with Crippen molar-refractivity contribution in [2.75, 3.05) is 5.32 Å². The van der Waals surface area contributed by atoms with Crippen LogP contribution in [0.25, 0.3) is 11.1 Å². The molecule has 5 heteroatoms. The molecule has 3 aromatic rings. The van der Waals surface area contributed by atoms with Gasteiger partial charge in [-0.1, -0.05) is 60.7 Å². The topological polar surface area (TPSA) is 67.4 Å². The van der Waals surface area contributed by atoms with Crippen LogP contribution in [0.15, 0.2) is 84.9 Å².